The van der Waals surface area contributed by atoms with E-state index in [4.69, 9.17) is 9.47 Å². The quantitative estimate of drug-likeness (QED) is 0.670. The Labute approximate surface area is 112 Å². The van der Waals surface area contributed by atoms with E-state index in [9.17, 15) is 9.59 Å². The topological polar surface area (TPSA) is 59.1 Å². The van der Waals surface area contributed by atoms with E-state index in [2.05, 4.69) is 0 Å². The average molecular weight is 268 g/mol. The lowest BCUT2D eigenvalue weighted by Gasteiger charge is -2.39. The van der Waals surface area contributed by atoms with Gasteiger partial charge in [0, 0.05) is 39.4 Å². The molecule has 1 unspecified atom stereocenters. The molecule has 3 rings (SSSR count). The summed E-state index contributed by atoms with van der Waals surface area (Å²) >= 11 is 0. The number of likely N-dealkylation sites (tertiary alicyclic amines) is 2. The minimum Gasteiger partial charge on any atom is -0.347 e. The predicted molar refractivity (Wildman–Crippen MR) is 66.2 cm³/mol. The molecule has 2 amide bonds. The number of piperidine rings is 1. The Bertz CT molecular complexity index is 382. The largest absolute Gasteiger partial charge is 0.347 e. The third kappa shape index (κ3) is 2.23. The lowest BCUT2D eigenvalue weighted by Crippen LogP contribution is -2.52. The molecule has 3 aliphatic rings. The number of rotatable bonds is 1. The zero-order valence-corrected chi connectivity index (χ0v) is 11.3. The Balaban J connectivity index is 1.59. The van der Waals surface area contributed by atoms with Crippen LogP contribution in [0, 0.1) is 0 Å². The molecule has 6 nitrogen and oxygen atoms in total. The first kappa shape index (κ1) is 12.9. The Kier molecular flexibility index (Phi) is 3.22. The number of likely N-dealkylation sites (N-methyl/N-ethyl adjacent to an activating group) is 1. The van der Waals surface area contributed by atoms with E-state index in [1.807, 2.05) is 4.90 Å². The Morgan fingerprint density at radius 3 is 2.42 bits per heavy atom. The van der Waals surface area contributed by atoms with Gasteiger partial charge in [-0.1, -0.05) is 0 Å². The third-order valence-corrected chi connectivity index (χ3v) is 4.43. The predicted octanol–water partition coefficient (Wildman–Crippen LogP) is -0.0273. The molecule has 0 N–H and O–H groups in total. The lowest BCUT2D eigenvalue weighted by molar-refractivity contribution is -0.188. The molecule has 0 aliphatic carbocycles. The van der Waals surface area contributed by atoms with Crippen molar-refractivity contribution in [2.24, 2.45) is 0 Å². The van der Waals surface area contributed by atoms with Gasteiger partial charge in [0.25, 0.3) is 0 Å². The summed E-state index contributed by atoms with van der Waals surface area (Å²) in [7, 11) is 1.71. The molecule has 106 valence electrons. The maximum atomic E-state index is 12.4. The second-order valence-corrected chi connectivity index (χ2v) is 5.49. The highest BCUT2D eigenvalue weighted by molar-refractivity contribution is 5.90. The maximum Gasteiger partial charge on any atom is 0.245 e. The summed E-state index contributed by atoms with van der Waals surface area (Å²) in [5.41, 5.74) is 0. The van der Waals surface area contributed by atoms with Crippen molar-refractivity contribution in [1.29, 1.82) is 0 Å². The van der Waals surface area contributed by atoms with Gasteiger partial charge < -0.3 is 19.3 Å². The van der Waals surface area contributed by atoms with Crippen LogP contribution < -0.4 is 0 Å². The summed E-state index contributed by atoms with van der Waals surface area (Å²) in [5, 5.41) is 0. The summed E-state index contributed by atoms with van der Waals surface area (Å²) in [5.74, 6) is -0.316. The van der Waals surface area contributed by atoms with Gasteiger partial charge in [-0.25, -0.2) is 0 Å². The van der Waals surface area contributed by atoms with E-state index >= 15 is 0 Å². The van der Waals surface area contributed by atoms with Crippen LogP contribution in [0.1, 0.15) is 25.7 Å². The lowest BCUT2D eigenvalue weighted by atomic mass is 10.0. The van der Waals surface area contributed by atoms with Crippen LogP contribution in [-0.4, -0.2) is 66.8 Å². The number of carbonyl (C=O) groups is 2. The molecule has 0 bridgehead atoms. The number of nitrogens with zero attached hydrogens (tertiary/aromatic N) is 2. The highest BCUT2D eigenvalue weighted by atomic mass is 16.7. The molecule has 0 aromatic heterocycles. The van der Waals surface area contributed by atoms with Gasteiger partial charge in [-0.05, 0) is 6.42 Å². The van der Waals surface area contributed by atoms with Crippen LogP contribution in [-0.2, 0) is 19.1 Å². The second-order valence-electron chi connectivity index (χ2n) is 5.49. The molecule has 3 fully saturated rings. The first-order valence-corrected chi connectivity index (χ1v) is 6.94. The van der Waals surface area contributed by atoms with Crippen LogP contribution >= 0.6 is 0 Å². The van der Waals surface area contributed by atoms with Crippen molar-refractivity contribution < 1.29 is 19.1 Å². The SMILES string of the molecule is CN1C(=O)CCC1C(=O)N1CCC2(CC1)OCCO2. The van der Waals surface area contributed by atoms with Gasteiger partial charge in [0.2, 0.25) is 11.8 Å². The number of hydrogen-bond acceptors (Lipinski definition) is 4. The standard InChI is InChI=1S/C13H20N2O4/c1-14-10(2-3-11(14)16)12(17)15-6-4-13(5-7-15)18-8-9-19-13/h10H,2-9H2,1H3. The minimum atomic E-state index is -0.450. The zero-order valence-electron chi connectivity index (χ0n) is 11.3. The first-order chi connectivity index (χ1) is 9.11. The molecule has 3 heterocycles. The monoisotopic (exact) mass is 268 g/mol. The van der Waals surface area contributed by atoms with E-state index in [1.165, 1.54) is 0 Å². The van der Waals surface area contributed by atoms with Crippen LogP contribution in [0.3, 0.4) is 0 Å². The summed E-state index contributed by atoms with van der Waals surface area (Å²) in [6.45, 7) is 2.59. The van der Waals surface area contributed by atoms with Crippen molar-refractivity contribution in [3.05, 3.63) is 0 Å². The second kappa shape index (κ2) is 4.76. The Hall–Kier alpha value is -1.14. The van der Waals surface area contributed by atoms with Gasteiger partial charge in [-0.15, -0.1) is 0 Å². The van der Waals surface area contributed by atoms with Gasteiger partial charge in [-0.3, -0.25) is 9.59 Å². The van der Waals surface area contributed by atoms with Crippen LogP contribution in [0.15, 0.2) is 0 Å². The number of hydrogen-bond donors (Lipinski definition) is 0. The molecular formula is C13H20N2O4. The van der Waals surface area contributed by atoms with Crippen molar-refractivity contribution in [2.45, 2.75) is 37.5 Å². The normalized spacial score (nSPS) is 30.4. The van der Waals surface area contributed by atoms with Crippen LogP contribution in [0.25, 0.3) is 0 Å². The molecule has 1 spiro atoms. The van der Waals surface area contributed by atoms with Gasteiger partial charge >= 0.3 is 0 Å². The fourth-order valence-electron chi connectivity index (χ4n) is 3.16. The molecule has 19 heavy (non-hydrogen) atoms. The molecule has 0 radical (unpaired) electrons. The van der Waals surface area contributed by atoms with Gasteiger partial charge in [-0.2, -0.15) is 0 Å². The van der Waals surface area contributed by atoms with Crippen molar-refractivity contribution in [2.75, 3.05) is 33.4 Å². The van der Waals surface area contributed by atoms with E-state index in [1.54, 1.807) is 11.9 Å². The highest BCUT2D eigenvalue weighted by Crippen LogP contribution is 2.32. The fourth-order valence-corrected chi connectivity index (χ4v) is 3.16. The fraction of sp³-hybridized carbons (Fsp3) is 0.846. The molecule has 0 aromatic carbocycles. The van der Waals surface area contributed by atoms with Crippen molar-refractivity contribution in [3.63, 3.8) is 0 Å². The molecule has 6 heteroatoms. The van der Waals surface area contributed by atoms with Gasteiger partial charge in [0.15, 0.2) is 5.79 Å². The zero-order chi connectivity index (χ0) is 13.5. The average Bonchev–Trinajstić information content (AvgIpc) is 2.99. The van der Waals surface area contributed by atoms with Crippen molar-refractivity contribution in [3.8, 4) is 0 Å². The van der Waals surface area contributed by atoms with Gasteiger partial charge in [0.05, 0.1) is 13.2 Å². The molecule has 0 aromatic rings. The Morgan fingerprint density at radius 2 is 1.89 bits per heavy atom. The molecule has 1 atom stereocenters. The van der Waals surface area contributed by atoms with Gasteiger partial charge in [0.1, 0.15) is 6.04 Å². The smallest absolute Gasteiger partial charge is 0.245 e. The van der Waals surface area contributed by atoms with E-state index in [0.29, 0.717) is 39.1 Å². The van der Waals surface area contributed by atoms with E-state index in [-0.39, 0.29) is 17.9 Å². The van der Waals surface area contributed by atoms with Crippen LogP contribution in [0.4, 0.5) is 0 Å². The van der Waals surface area contributed by atoms with Crippen LogP contribution in [0.5, 0.6) is 0 Å². The summed E-state index contributed by atoms with van der Waals surface area (Å²) in [4.78, 5) is 27.3. The van der Waals surface area contributed by atoms with Crippen LogP contribution in [0.2, 0.25) is 0 Å². The minimum absolute atomic E-state index is 0.0642. The number of amides is 2. The van der Waals surface area contributed by atoms with Crippen molar-refractivity contribution in [1.82, 2.24) is 9.80 Å². The van der Waals surface area contributed by atoms with E-state index < -0.39 is 5.79 Å². The molecule has 0 saturated carbocycles. The Morgan fingerprint density at radius 1 is 1.26 bits per heavy atom. The summed E-state index contributed by atoms with van der Waals surface area (Å²) in [6, 6.07) is -0.271. The number of carbonyl (C=O) groups excluding carboxylic acids is 2. The van der Waals surface area contributed by atoms with E-state index in [0.717, 1.165) is 12.8 Å². The summed E-state index contributed by atoms with van der Waals surface area (Å²) < 4.78 is 11.3. The third-order valence-electron chi connectivity index (χ3n) is 4.43. The first-order valence-electron chi connectivity index (χ1n) is 6.94. The molecular weight excluding hydrogens is 248 g/mol. The highest BCUT2D eigenvalue weighted by Gasteiger charge is 2.43. The number of ether oxygens (including phenoxy) is 2. The molecule has 3 aliphatic heterocycles. The maximum absolute atomic E-state index is 12.4. The summed E-state index contributed by atoms with van der Waals surface area (Å²) in [6.07, 6.45) is 2.58. The molecule has 3 saturated heterocycles. The van der Waals surface area contributed by atoms with Crippen molar-refractivity contribution >= 4 is 11.8 Å².